The van der Waals surface area contributed by atoms with Gasteiger partial charge in [-0.1, -0.05) is 12.1 Å². The zero-order valence-electron chi connectivity index (χ0n) is 4.62. The standard InChI is InChI=1S/C6H2F2.H3P/c7-5-3-1-2-4(3)6(5)8;/h1-2H;1H3. The van der Waals surface area contributed by atoms with Crippen LogP contribution in [0.4, 0.5) is 8.78 Å². The van der Waals surface area contributed by atoms with E-state index in [4.69, 9.17) is 0 Å². The van der Waals surface area contributed by atoms with Crippen LogP contribution in [0.1, 0.15) is 0 Å². The summed E-state index contributed by atoms with van der Waals surface area (Å²) in [7, 11) is 0. The van der Waals surface area contributed by atoms with E-state index in [0.29, 0.717) is 11.1 Å². The third-order valence-electron chi connectivity index (χ3n) is 1.37. The van der Waals surface area contributed by atoms with Gasteiger partial charge in [-0.05, 0) is 0 Å². The van der Waals surface area contributed by atoms with Crippen molar-refractivity contribution in [2.75, 3.05) is 0 Å². The maximum absolute atomic E-state index is 12.0. The fraction of sp³-hybridized carbons (Fsp3) is 0. The van der Waals surface area contributed by atoms with Crippen LogP contribution in [0.3, 0.4) is 0 Å². The molecule has 0 heterocycles. The second-order valence-electron chi connectivity index (χ2n) is 1.79. The van der Waals surface area contributed by atoms with Crippen molar-refractivity contribution in [3.05, 3.63) is 23.8 Å². The van der Waals surface area contributed by atoms with Crippen LogP contribution in [0.5, 0.6) is 0 Å². The number of rotatable bonds is 0. The summed E-state index contributed by atoms with van der Waals surface area (Å²) in [5.41, 5.74) is 0.894. The van der Waals surface area contributed by atoms with Crippen LogP contribution in [0, 0.1) is 11.6 Å². The van der Waals surface area contributed by atoms with Crippen molar-refractivity contribution in [2.24, 2.45) is 0 Å². The van der Waals surface area contributed by atoms with Gasteiger partial charge < -0.3 is 0 Å². The number of hydrogen-bond donors (Lipinski definition) is 0. The molecule has 0 aromatic carbocycles. The van der Waals surface area contributed by atoms with Gasteiger partial charge in [0.1, 0.15) is 0 Å². The van der Waals surface area contributed by atoms with Gasteiger partial charge in [-0.2, -0.15) is 9.90 Å². The molecule has 2 aliphatic carbocycles. The first-order chi connectivity index (χ1) is 3.80. The molecular formula is C6H5F2P. The average molecular weight is 146 g/mol. The van der Waals surface area contributed by atoms with Gasteiger partial charge in [-0.15, -0.1) is 0 Å². The molecule has 0 aromatic rings. The van der Waals surface area contributed by atoms with Crippen LogP contribution in [0.15, 0.2) is 12.1 Å². The summed E-state index contributed by atoms with van der Waals surface area (Å²) < 4.78 is 24.0. The third-order valence-corrected chi connectivity index (χ3v) is 1.37. The largest absolute Gasteiger partial charge is 0.203 e. The van der Waals surface area contributed by atoms with E-state index in [1.807, 2.05) is 0 Å². The van der Waals surface area contributed by atoms with Crippen LogP contribution >= 0.6 is 9.90 Å². The third kappa shape index (κ3) is 0.542. The van der Waals surface area contributed by atoms with E-state index in [-0.39, 0.29) is 9.90 Å². The van der Waals surface area contributed by atoms with E-state index in [0.717, 1.165) is 0 Å². The van der Waals surface area contributed by atoms with Crippen molar-refractivity contribution >= 4 is 9.90 Å². The summed E-state index contributed by atoms with van der Waals surface area (Å²) in [6, 6.07) is 3.13. The van der Waals surface area contributed by atoms with E-state index in [9.17, 15) is 8.78 Å². The molecule has 0 aliphatic heterocycles. The summed E-state index contributed by atoms with van der Waals surface area (Å²) in [5, 5.41) is 0. The van der Waals surface area contributed by atoms with Gasteiger partial charge in [0, 0.05) is 11.1 Å². The lowest BCUT2D eigenvalue weighted by Gasteiger charge is -2.16. The minimum atomic E-state index is -0.678. The molecule has 0 saturated heterocycles. The highest BCUT2D eigenvalue weighted by molar-refractivity contribution is 6.92. The molecule has 48 valence electrons. The van der Waals surface area contributed by atoms with Crippen LogP contribution in [-0.2, 0) is 0 Å². The zero-order valence-corrected chi connectivity index (χ0v) is 6.03. The molecular weight excluding hydrogens is 141 g/mol. The van der Waals surface area contributed by atoms with E-state index in [1.54, 1.807) is 12.1 Å². The minimum Gasteiger partial charge on any atom is -0.203 e. The lowest BCUT2D eigenvalue weighted by Crippen LogP contribution is -2.03. The molecule has 9 heavy (non-hydrogen) atoms. The Morgan fingerprint density at radius 2 is 1.22 bits per heavy atom. The summed E-state index contributed by atoms with van der Waals surface area (Å²) in [6.07, 6.45) is 0. The van der Waals surface area contributed by atoms with Gasteiger partial charge >= 0.3 is 0 Å². The number of hydrogen-bond acceptors (Lipinski definition) is 0. The quantitative estimate of drug-likeness (QED) is 0.498. The van der Waals surface area contributed by atoms with Crippen molar-refractivity contribution < 1.29 is 8.78 Å². The van der Waals surface area contributed by atoms with E-state index < -0.39 is 11.6 Å². The Morgan fingerprint density at radius 1 is 0.889 bits per heavy atom. The number of halogens is 2. The maximum Gasteiger partial charge on any atom is 0.167 e. The molecule has 0 aromatic heterocycles. The average Bonchev–Trinajstić information content (AvgIpc) is 1.64. The van der Waals surface area contributed by atoms with E-state index >= 15 is 0 Å². The van der Waals surface area contributed by atoms with Crippen molar-refractivity contribution in [3.8, 4) is 11.1 Å². The summed E-state index contributed by atoms with van der Waals surface area (Å²) in [4.78, 5) is 0. The van der Waals surface area contributed by atoms with Gasteiger partial charge in [0.15, 0.2) is 11.6 Å². The maximum atomic E-state index is 12.0. The molecule has 1 atom stereocenters. The molecule has 0 saturated carbocycles. The van der Waals surface area contributed by atoms with Gasteiger partial charge in [0.25, 0.3) is 0 Å². The van der Waals surface area contributed by atoms with E-state index in [1.165, 1.54) is 0 Å². The van der Waals surface area contributed by atoms with Gasteiger partial charge in [0.2, 0.25) is 0 Å². The molecule has 2 rings (SSSR count). The molecule has 0 bridgehead atoms. The molecule has 0 radical (unpaired) electrons. The SMILES string of the molecule is Fc1c2ccc-2c1F.P. The van der Waals surface area contributed by atoms with Crippen LogP contribution in [0.25, 0.3) is 11.1 Å². The predicted octanol–water partition coefficient (Wildman–Crippen LogP) is 2.00. The monoisotopic (exact) mass is 146 g/mol. The smallest absolute Gasteiger partial charge is 0.167 e. The fourth-order valence-corrected chi connectivity index (χ4v) is 0.807. The first-order valence-electron chi connectivity index (χ1n) is 2.29. The van der Waals surface area contributed by atoms with Gasteiger partial charge in [0.05, 0.1) is 0 Å². The molecule has 3 heteroatoms. The van der Waals surface area contributed by atoms with E-state index in [2.05, 4.69) is 0 Å². The summed E-state index contributed by atoms with van der Waals surface area (Å²) >= 11 is 0. The minimum absolute atomic E-state index is 0. The number of fused-ring (bicyclic) bond motifs is 1. The van der Waals surface area contributed by atoms with Crippen molar-refractivity contribution in [1.29, 1.82) is 0 Å². The Labute approximate surface area is 54.5 Å². The highest BCUT2D eigenvalue weighted by Gasteiger charge is 2.25. The Kier molecular flexibility index (Phi) is 1.28. The Morgan fingerprint density at radius 3 is 1.33 bits per heavy atom. The van der Waals surface area contributed by atoms with Crippen molar-refractivity contribution in [3.63, 3.8) is 0 Å². The summed E-state index contributed by atoms with van der Waals surface area (Å²) in [5.74, 6) is -1.36. The summed E-state index contributed by atoms with van der Waals surface area (Å²) in [6.45, 7) is 0. The molecule has 0 N–H and O–H groups in total. The van der Waals surface area contributed by atoms with Crippen LogP contribution < -0.4 is 0 Å². The number of benzene rings is 1. The van der Waals surface area contributed by atoms with Crippen LogP contribution in [0.2, 0.25) is 0 Å². The molecule has 0 nitrogen and oxygen atoms in total. The second-order valence-corrected chi connectivity index (χ2v) is 1.79. The van der Waals surface area contributed by atoms with Crippen molar-refractivity contribution in [2.45, 2.75) is 0 Å². The first-order valence-corrected chi connectivity index (χ1v) is 2.29. The Balaban J connectivity index is 0.000000405. The lowest BCUT2D eigenvalue weighted by molar-refractivity contribution is 0.494. The lowest BCUT2D eigenvalue weighted by atomic mass is 9.92. The zero-order chi connectivity index (χ0) is 5.72. The highest BCUT2D eigenvalue weighted by Crippen LogP contribution is 2.38. The van der Waals surface area contributed by atoms with Gasteiger partial charge in [-0.25, -0.2) is 8.78 Å². The normalized spacial score (nSPS) is 10.4. The predicted molar refractivity (Wildman–Crippen MR) is 36.5 cm³/mol. The van der Waals surface area contributed by atoms with Crippen LogP contribution in [-0.4, -0.2) is 0 Å². The molecule has 2 aliphatic rings. The first kappa shape index (κ1) is 6.63. The molecule has 0 spiro atoms. The second kappa shape index (κ2) is 1.74. The molecule has 0 fully saturated rings. The Bertz CT molecular complexity index is 230. The highest BCUT2D eigenvalue weighted by atomic mass is 31.0. The van der Waals surface area contributed by atoms with Crippen molar-refractivity contribution in [1.82, 2.24) is 0 Å². The topological polar surface area (TPSA) is 0 Å². The molecule has 1 unspecified atom stereocenters. The molecule has 0 amide bonds. The fourth-order valence-electron chi connectivity index (χ4n) is 0.807. The Hall–Kier alpha value is -0.490. The van der Waals surface area contributed by atoms with Gasteiger partial charge in [-0.3, -0.25) is 0 Å².